The first kappa shape index (κ1) is 22.3. The van der Waals surface area contributed by atoms with Gasteiger partial charge in [-0.2, -0.15) is 0 Å². The summed E-state index contributed by atoms with van der Waals surface area (Å²) in [7, 11) is 0. The molecule has 0 bridgehead atoms. The summed E-state index contributed by atoms with van der Waals surface area (Å²) >= 11 is 0. The summed E-state index contributed by atoms with van der Waals surface area (Å²) in [6.45, 7) is 1.08. The highest BCUT2D eigenvalue weighted by Crippen LogP contribution is 2.46. The van der Waals surface area contributed by atoms with Crippen molar-refractivity contribution in [1.82, 2.24) is 5.32 Å². The maximum Gasteiger partial charge on any atom is 0.189 e. The van der Waals surface area contributed by atoms with Gasteiger partial charge < -0.3 is 11.1 Å². The van der Waals surface area contributed by atoms with Crippen LogP contribution in [0.15, 0.2) is 126 Å². The van der Waals surface area contributed by atoms with Gasteiger partial charge in [0.2, 0.25) is 0 Å². The molecule has 7 rings (SSSR count). The number of nitrogens with one attached hydrogen (secondary N) is 1. The van der Waals surface area contributed by atoms with E-state index in [0.717, 1.165) is 0 Å². The van der Waals surface area contributed by atoms with Crippen LogP contribution >= 0.6 is 0 Å². The molecule has 3 N–H and O–H groups in total. The smallest absolute Gasteiger partial charge is 0.189 e. The van der Waals surface area contributed by atoms with Gasteiger partial charge in [0.05, 0.1) is 6.54 Å². The number of guanidine groups is 1. The molecule has 0 atom stereocenters. The van der Waals surface area contributed by atoms with Crippen molar-refractivity contribution in [2.45, 2.75) is 13.1 Å². The van der Waals surface area contributed by atoms with Crippen molar-refractivity contribution in [1.29, 1.82) is 0 Å². The van der Waals surface area contributed by atoms with Crippen molar-refractivity contribution in [3.05, 3.63) is 132 Å². The SMILES string of the molecule is NC1=NCc2c(-c3ccccc3)cc3ccccc3c2-c2c(c(-c3ccccc3)cc3ccccc23)CN1. The lowest BCUT2D eigenvalue weighted by Crippen LogP contribution is -2.31. The summed E-state index contributed by atoms with van der Waals surface area (Å²) < 4.78 is 0. The molecule has 0 unspecified atom stereocenters. The molecule has 0 aromatic heterocycles. The Bertz CT molecular complexity index is 1840. The zero-order valence-corrected chi connectivity index (χ0v) is 21.0. The standard InChI is InChI=1S/C35H27N3/c36-35-37-21-31-29(23-11-3-1-4-12-23)19-25-15-7-9-17-27(25)33(31)34-28-18-10-8-16-26(28)20-30(32(34)22-38-35)24-13-5-2-6-14-24/h1-20H,21-22H2,(H3,36,37,38). The molecule has 0 saturated heterocycles. The van der Waals surface area contributed by atoms with Gasteiger partial charge in [0, 0.05) is 6.54 Å². The third-order valence-corrected chi connectivity index (χ3v) is 7.59. The van der Waals surface area contributed by atoms with Gasteiger partial charge in [-0.05, 0) is 78.2 Å². The Kier molecular flexibility index (Phi) is 5.41. The first-order chi connectivity index (χ1) is 18.8. The summed E-state index contributed by atoms with van der Waals surface area (Å²) in [5.74, 6) is 0.461. The van der Waals surface area contributed by atoms with E-state index in [2.05, 4.69) is 127 Å². The largest absolute Gasteiger partial charge is 0.370 e. The van der Waals surface area contributed by atoms with E-state index in [-0.39, 0.29) is 0 Å². The molecule has 3 heteroatoms. The number of benzene rings is 6. The van der Waals surface area contributed by atoms with Crippen LogP contribution in [-0.2, 0) is 13.1 Å². The van der Waals surface area contributed by atoms with Gasteiger partial charge >= 0.3 is 0 Å². The van der Waals surface area contributed by atoms with E-state index in [4.69, 9.17) is 10.7 Å². The molecule has 0 radical (unpaired) electrons. The van der Waals surface area contributed by atoms with Crippen LogP contribution in [-0.4, -0.2) is 5.96 Å². The van der Waals surface area contributed by atoms with E-state index in [1.807, 2.05) is 0 Å². The lowest BCUT2D eigenvalue weighted by molar-refractivity contribution is 0.896. The molecule has 1 heterocycles. The molecule has 0 spiro atoms. The Balaban J connectivity index is 1.71. The Morgan fingerprint density at radius 3 is 1.61 bits per heavy atom. The van der Waals surface area contributed by atoms with Crippen LogP contribution in [0, 0.1) is 0 Å². The van der Waals surface area contributed by atoms with Gasteiger partial charge in [-0.15, -0.1) is 0 Å². The van der Waals surface area contributed by atoms with Crippen LogP contribution < -0.4 is 11.1 Å². The molecule has 0 amide bonds. The second-order valence-corrected chi connectivity index (χ2v) is 9.78. The van der Waals surface area contributed by atoms with Crippen molar-refractivity contribution in [3.8, 4) is 33.4 Å². The molecule has 38 heavy (non-hydrogen) atoms. The minimum atomic E-state index is 0.461. The third-order valence-electron chi connectivity index (χ3n) is 7.59. The van der Waals surface area contributed by atoms with E-state index in [1.165, 1.54) is 66.1 Å². The fraction of sp³-hybridized carbons (Fsp3) is 0.0571. The maximum absolute atomic E-state index is 6.43. The average Bonchev–Trinajstić information content (AvgIpc) is 3.05. The van der Waals surface area contributed by atoms with Crippen molar-refractivity contribution >= 4 is 27.5 Å². The number of fused-ring (bicyclic) bond motifs is 7. The number of hydrogen-bond acceptors (Lipinski definition) is 3. The topological polar surface area (TPSA) is 50.4 Å². The number of hydrogen-bond donors (Lipinski definition) is 2. The van der Waals surface area contributed by atoms with Gasteiger partial charge in [0.1, 0.15) is 0 Å². The van der Waals surface area contributed by atoms with Crippen molar-refractivity contribution < 1.29 is 0 Å². The van der Waals surface area contributed by atoms with Crippen LogP contribution in [0.25, 0.3) is 54.9 Å². The Morgan fingerprint density at radius 2 is 1.03 bits per heavy atom. The predicted molar refractivity (Wildman–Crippen MR) is 160 cm³/mol. The minimum absolute atomic E-state index is 0.461. The Hall–Kier alpha value is -4.89. The number of aliphatic imine (C=N–C) groups is 1. The lowest BCUT2D eigenvalue weighted by Gasteiger charge is -2.23. The summed E-state index contributed by atoms with van der Waals surface area (Å²) in [4.78, 5) is 4.83. The number of nitrogens with zero attached hydrogens (tertiary/aromatic N) is 1. The first-order valence-electron chi connectivity index (χ1n) is 13.0. The lowest BCUT2D eigenvalue weighted by atomic mass is 9.81. The highest BCUT2D eigenvalue weighted by Gasteiger charge is 2.24. The van der Waals surface area contributed by atoms with Gasteiger partial charge in [0.15, 0.2) is 5.96 Å². The average molecular weight is 490 g/mol. The molecule has 0 aliphatic carbocycles. The van der Waals surface area contributed by atoms with Crippen molar-refractivity contribution in [2.24, 2.45) is 10.7 Å². The summed E-state index contributed by atoms with van der Waals surface area (Å²) in [5, 5.41) is 8.33. The quantitative estimate of drug-likeness (QED) is 0.260. The van der Waals surface area contributed by atoms with Gasteiger partial charge in [-0.3, -0.25) is 0 Å². The highest BCUT2D eigenvalue weighted by molar-refractivity contribution is 6.12. The second kappa shape index (κ2) is 9.20. The van der Waals surface area contributed by atoms with Gasteiger partial charge in [-0.1, -0.05) is 109 Å². The molecular formula is C35H27N3. The number of rotatable bonds is 2. The molecule has 1 aliphatic heterocycles. The van der Waals surface area contributed by atoms with E-state index < -0.39 is 0 Å². The molecule has 1 aliphatic rings. The second-order valence-electron chi connectivity index (χ2n) is 9.78. The van der Waals surface area contributed by atoms with E-state index >= 15 is 0 Å². The maximum atomic E-state index is 6.43. The fourth-order valence-corrected chi connectivity index (χ4v) is 5.85. The summed E-state index contributed by atoms with van der Waals surface area (Å²) in [6, 6.07) is 43.3. The normalized spacial score (nSPS) is 13.0. The molecule has 0 saturated carbocycles. The molecule has 6 aromatic carbocycles. The zero-order valence-electron chi connectivity index (χ0n) is 21.0. The summed E-state index contributed by atoms with van der Waals surface area (Å²) in [5.41, 5.74) is 16.1. The van der Waals surface area contributed by atoms with Crippen LogP contribution in [0.2, 0.25) is 0 Å². The van der Waals surface area contributed by atoms with Gasteiger partial charge in [-0.25, -0.2) is 4.99 Å². The van der Waals surface area contributed by atoms with Crippen LogP contribution in [0.1, 0.15) is 11.1 Å². The van der Waals surface area contributed by atoms with E-state index in [1.54, 1.807) is 0 Å². The highest BCUT2D eigenvalue weighted by atomic mass is 15.1. The zero-order chi connectivity index (χ0) is 25.5. The van der Waals surface area contributed by atoms with Gasteiger partial charge in [0.25, 0.3) is 0 Å². The van der Waals surface area contributed by atoms with E-state index in [9.17, 15) is 0 Å². The molecule has 182 valence electrons. The minimum Gasteiger partial charge on any atom is -0.370 e. The fourth-order valence-electron chi connectivity index (χ4n) is 5.85. The third kappa shape index (κ3) is 3.72. The van der Waals surface area contributed by atoms with Crippen molar-refractivity contribution in [2.75, 3.05) is 0 Å². The Labute approximate surface area is 222 Å². The molecule has 3 nitrogen and oxygen atoms in total. The Morgan fingerprint density at radius 1 is 0.553 bits per heavy atom. The molecule has 6 aromatic rings. The first-order valence-corrected chi connectivity index (χ1v) is 13.0. The van der Waals surface area contributed by atoms with Crippen LogP contribution in [0.4, 0.5) is 0 Å². The predicted octanol–water partition coefficient (Wildman–Crippen LogP) is 7.91. The van der Waals surface area contributed by atoms with E-state index in [0.29, 0.717) is 19.0 Å². The van der Waals surface area contributed by atoms with Crippen LogP contribution in [0.3, 0.4) is 0 Å². The number of nitrogens with two attached hydrogens (primary N) is 1. The summed E-state index contributed by atoms with van der Waals surface area (Å²) in [6.07, 6.45) is 0. The molecular weight excluding hydrogens is 462 g/mol. The monoisotopic (exact) mass is 489 g/mol. The van der Waals surface area contributed by atoms with Crippen LogP contribution in [0.5, 0.6) is 0 Å². The molecule has 0 fully saturated rings. The van der Waals surface area contributed by atoms with Crippen molar-refractivity contribution in [3.63, 3.8) is 0 Å².